The number of rotatable bonds is 2. The third-order valence-electron chi connectivity index (χ3n) is 4.22. The lowest BCUT2D eigenvalue weighted by molar-refractivity contribution is 0.0868. The number of nitrogens with zero attached hydrogens (tertiary/aromatic N) is 1. The Labute approximate surface area is 130 Å². The van der Waals surface area contributed by atoms with Crippen molar-refractivity contribution in [2.75, 3.05) is 0 Å². The first-order valence-corrected chi connectivity index (χ1v) is 7.59. The van der Waals surface area contributed by atoms with Crippen molar-refractivity contribution < 1.29 is 4.84 Å². The van der Waals surface area contributed by atoms with Gasteiger partial charge < -0.3 is 4.84 Å². The van der Waals surface area contributed by atoms with E-state index in [4.69, 9.17) is 4.84 Å². The van der Waals surface area contributed by atoms with Crippen molar-refractivity contribution in [2.24, 2.45) is 5.16 Å². The van der Waals surface area contributed by atoms with E-state index in [0.29, 0.717) is 0 Å². The van der Waals surface area contributed by atoms with Gasteiger partial charge in [-0.15, -0.1) is 0 Å². The molecule has 0 radical (unpaired) electrons. The van der Waals surface area contributed by atoms with Crippen molar-refractivity contribution >= 4 is 16.5 Å². The van der Waals surface area contributed by atoms with Gasteiger partial charge in [0, 0.05) is 12.0 Å². The van der Waals surface area contributed by atoms with E-state index < -0.39 is 0 Å². The van der Waals surface area contributed by atoms with Gasteiger partial charge in [-0.3, -0.25) is 0 Å². The fourth-order valence-corrected chi connectivity index (χ4v) is 2.99. The number of fused-ring (bicyclic) bond motifs is 1. The Morgan fingerprint density at radius 2 is 1.68 bits per heavy atom. The van der Waals surface area contributed by atoms with Gasteiger partial charge in [-0.1, -0.05) is 77.4 Å². The molecule has 0 aromatic heterocycles. The summed E-state index contributed by atoms with van der Waals surface area (Å²) in [6, 6.07) is 23.2. The SMILES string of the molecule is Cc1ccc(C2=NOC(c3cccc4ccccc34)C2)cc1. The van der Waals surface area contributed by atoms with Crippen molar-refractivity contribution in [3.63, 3.8) is 0 Å². The Bertz CT molecular complexity index is 844. The zero-order valence-corrected chi connectivity index (χ0v) is 12.5. The molecule has 108 valence electrons. The van der Waals surface area contributed by atoms with Gasteiger partial charge in [0.1, 0.15) is 0 Å². The number of benzene rings is 3. The molecule has 3 aromatic rings. The van der Waals surface area contributed by atoms with Crippen LogP contribution in [0.2, 0.25) is 0 Å². The quantitative estimate of drug-likeness (QED) is 0.649. The normalized spacial score (nSPS) is 17.3. The van der Waals surface area contributed by atoms with E-state index in [2.05, 4.69) is 78.8 Å². The van der Waals surface area contributed by atoms with Gasteiger partial charge >= 0.3 is 0 Å². The summed E-state index contributed by atoms with van der Waals surface area (Å²) in [7, 11) is 0. The summed E-state index contributed by atoms with van der Waals surface area (Å²) in [5, 5.41) is 6.81. The van der Waals surface area contributed by atoms with Crippen molar-refractivity contribution in [1.82, 2.24) is 0 Å². The summed E-state index contributed by atoms with van der Waals surface area (Å²) in [6.45, 7) is 2.09. The lowest BCUT2D eigenvalue weighted by atomic mass is 9.95. The molecule has 2 nitrogen and oxygen atoms in total. The van der Waals surface area contributed by atoms with Crippen LogP contribution in [0, 0.1) is 6.92 Å². The Balaban J connectivity index is 1.65. The average Bonchev–Trinajstić information content (AvgIpc) is 3.05. The zero-order chi connectivity index (χ0) is 14.9. The number of oxime groups is 1. The maximum atomic E-state index is 5.73. The maximum absolute atomic E-state index is 5.73. The van der Waals surface area contributed by atoms with Crippen LogP contribution in [0.5, 0.6) is 0 Å². The second-order valence-electron chi connectivity index (χ2n) is 5.77. The largest absolute Gasteiger partial charge is 0.387 e. The molecule has 0 aliphatic carbocycles. The van der Waals surface area contributed by atoms with Gasteiger partial charge in [0.2, 0.25) is 0 Å². The Hall–Kier alpha value is -2.61. The third kappa shape index (κ3) is 2.27. The molecule has 2 heteroatoms. The average molecular weight is 287 g/mol. The second-order valence-corrected chi connectivity index (χ2v) is 5.77. The van der Waals surface area contributed by atoms with E-state index in [1.165, 1.54) is 21.9 Å². The minimum absolute atomic E-state index is 0.00223. The van der Waals surface area contributed by atoms with Gasteiger partial charge in [-0.25, -0.2) is 0 Å². The van der Waals surface area contributed by atoms with Crippen molar-refractivity contribution in [2.45, 2.75) is 19.4 Å². The van der Waals surface area contributed by atoms with Crippen LogP contribution in [0.1, 0.15) is 29.2 Å². The van der Waals surface area contributed by atoms with Crippen LogP contribution >= 0.6 is 0 Å². The van der Waals surface area contributed by atoms with Gasteiger partial charge in [0.05, 0.1) is 5.71 Å². The molecule has 0 N–H and O–H groups in total. The first-order chi connectivity index (χ1) is 10.8. The number of hydrogen-bond donors (Lipinski definition) is 0. The Kier molecular flexibility index (Phi) is 3.15. The maximum Gasteiger partial charge on any atom is 0.158 e. The van der Waals surface area contributed by atoms with Crippen molar-refractivity contribution in [3.8, 4) is 0 Å². The Morgan fingerprint density at radius 1 is 0.909 bits per heavy atom. The molecule has 0 saturated heterocycles. The molecule has 0 spiro atoms. The minimum atomic E-state index is 0.00223. The standard InChI is InChI=1S/C20H17NO/c1-14-9-11-16(12-10-14)19-13-20(22-21-19)18-8-4-6-15-5-2-3-7-17(15)18/h2-12,20H,13H2,1H3. The molecule has 1 atom stereocenters. The monoisotopic (exact) mass is 287 g/mol. The highest BCUT2D eigenvalue weighted by Crippen LogP contribution is 2.33. The lowest BCUT2D eigenvalue weighted by Crippen LogP contribution is -2.02. The van der Waals surface area contributed by atoms with Gasteiger partial charge in [0.25, 0.3) is 0 Å². The molecule has 0 fully saturated rings. The number of aryl methyl sites for hydroxylation is 1. The van der Waals surface area contributed by atoms with Crippen LogP contribution < -0.4 is 0 Å². The first-order valence-electron chi connectivity index (χ1n) is 7.59. The minimum Gasteiger partial charge on any atom is -0.387 e. The van der Waals surface area contributed by atoms with E-state index in [-0.39, 0.29) is 6.10 Å². The predicted molar refractivity (Wildman–Crippen MR) is 90.1 cm³/mol. The molecule has 1 unspecified atom stereocenters. The summed E-state index contributed by atoms with van der Waals surface area (Å²) in [6.07, 6.45) is 0.819. The molecular weight excluding hydrogens is 270 g/mol. The molecule has 4 rings (SSSR count). The number of hydrogen-bond acceptors (Lipinski definition) is 2. The van der Waals surface area contributed by atoms with Gasteiger partial charge in [0.15, 0.2) is 6.10 Å². The third-order valence-corrected chi connectivity index (χ3v) is 4.22. The van der Waals surface area contributed by atoms with Crippen molar-refractivity contribution in [1.29, 1.82) is 0 Å². The fraction of sp³-hybridized carbons (Fsp3) is 0.150. The highest BCUT2D eigenvalue weighted by molar-refractivity contribution is 6.01. The summed E-state index contributed by atoms with van der Waals surface area (Å²) in [4.78, 5) is 5.73. The summed E-state index contributed by atoms with van der Waals surface area (Å²) < 4.78 is 0. The summed E-state index contributed by atoms with van der Waals surface area (Å²) in [5.41, 5.74) is 4.64. The highest BCUT2D eigenvalue weighted by Gasteiger charge is 2.25. The first kappa shape index (κ1) is 13.1. The molecule has 3 aromatic carbocycles. The zero-order valence-electron chi connectivity index (χ0n) is 12.5. The second kappa shape index (κ2) is 5.30. The van der Waals surface area contributed by atoms with E-state index >= 15 is 0 Å². The summed E-state index contributed by atoms with van der Waals surface area (Å²) >= 11 is 0. The molecule has 0 bridgehead atoms. The smallest absolute Gasteiger partial charge is 0.158 e. The topological polar surface area (TPSA) is 21.6 Å². The van der Waals surface area contributed by atoms with Crippen LogP contribution in [-0.2, 0) is 4.84 Å². The molecule has 1 aliphatic rings. The molecule has 0 saturated carbocycles. The molecule has 0 amide bonds. The molecule has 22 heavy (non-hydrogen) atoms. The Morgan fingerprint density at radius 3 is 2.55 bits per heavy atom. The molecule has 1 aliphatic heterocycles. The van der Waals surface area contributed by atoms with Crippen LogP contribution in [-0.4, -0.2) is 5.71 Å². The predicted octanol–water partition coefficient (Wildman–Crippen LogP) is 5.01. The van der Waals surface area contributed by atoms with Crippen LogP contribution in [0.25, 0.3) is 10.8 Å². The van der Waals surface area contributed by atoms with E-state index in [0.717, 1.165) is 17.7 Å². The summed E-state index contributed by atoms with van der Waals surface area (Å²) in [5.74, 6) is 0. The lowest BCUT2D eigenvalue weighted by Gasteiger charge is -2.11. The van der Waals surface area contributed by atoms with Crippen LogP contribution in [0.15, 0.2) is 71.9 Å². The highest BCUT2D eigenvalue weighted by atomic mass is 16.6. The van der Waals surface area contributed by atoms with E-state index in [9.17, 15) is 0 Å². The molecular formula is C20H17NO. The van der Waals surface area contributed by atoms with Gasteiger partial charge in [-0.2, -0.15) is 0 Å². The van der Waals surface area contributed by atoms with E-state index in [1.807, 2.05) is 0 Å². The fourth-order valence-electron chi connectivity index (χ4n) is 2.99. The van der Waals surface area contributed by atoms with Crippen molar-refractivity contribution in [3.05, 3.63) is 83.4 Å². The van der Waals surface area contributed by atoms with E-state index in [1.54, 1.807) is 0 Å². The van der Waals surface area contributed by atoms with Gasteiger partial charge in [-0.05, 0) is 23.3 Å². The van der Waals surface area contributed by atoms with Crippen LogP contribution in [0.3, 0.4) is 0 Å². The van der Waals surface area contributed by atoms with Crippen LogP contribution in [0.4, 0.5) is 0 Å². The molecule has 1 heterocycles.